The van der Waals surface area contributed by atoms with E-state index in [1.54, 1.807) is 0 Å². The summed E-state index contributed by atoms with van der Waals surface area (Å²) in [6, 6.07) is 9.18. The van der Waals surface area contributed by atoms with Crippen molar-refractivity contribution < 1.29 is 4.74 Å². The molecule has 0 radical (unpaired) electrons. The van der Waals surface area contributed by atoms with Crippen LogP contribution in [0, 0.1) is 0 Å². The van der Waals surface area contributed by atoms with Crippen molar-refractivity contribution in [3.8, 4) is 0 Å². The minimum atomic E-state index is 0.506. The fourth-order valence-corrected chi connectivity index (χ4v) is 2.66. The van der Waals surface area contributed by atoms with Crippen LogP contribution < -0.4 is 0 Å². The van der Waals surface area contributed by atoms with Crippen molar-refractivity contribution in [3.63, 3.8) is 0 Å². The van der Waals surface area contributed by atoms with E-state index in [0.717, 1.165) is 12.3 Å². The smallest absolute Gasteiger partial charge is 0.0571 e. The Hall–Kier alpha value is -0.820. The number of methoxy groups -OCH3 is 1. The number of rotatable bonds is 3. The van der Waals surface area contributed by atoms with Gasteiger partial charge in [-0.05, 0) is 49.1 Å². The minimum Gasteiger partial charge on any atom is -0.381 e. The molecule has 1 saturated carbocycles. The molecule has 0 bridgehead atoms. The van der Waals surface area contributed by atoms with Crippen LogP contribution in [0.4, 0.5) is 0 Å². The molecule has 0 heterocycles. The lowest BCUT2D eigenvalue weighted by Crippen LogP contribution is -2.19. The van der Waals surface area contributed by atoms with Gasteiger partial charge in [0.05, 0.1) is 6.10 Å². The first-order valence-corrected chi connectivity index (χ1v) is 6.45. The van der Waals surface area contributed by atoms with Crippen molar-refractivity contribution in [1.82, 2.24) is 0 Å². The lowest BCUT2D eigenvalue weighted by atomic mass is 9.82. The van der Waals surface area contributed by atoms with E-state index >= 15 is 0 Å². The summed E-state index contributed by atoms with van der Waals surface area (Å²) >= 11 is 0. The van der Waals surface area contributed by atoms with E-state index in [0.29, 0.717) is 6.10 Å². The molecule has 0 spiro atoms. The molecule has 88 valence electrons. The Morgan fingerprint density at radius 3 is 2.19 bits per heavy atom. The van der Waals surface area contributed by atoms with Crippen LogP contribution in [0.15, 0.2) is 24.3 Å². The third kappa shape index (κ3) is 2.65. The lowest BCUT2D eigenvalue weighted by molar-refractivity contribution is 0.0659. The molecule has 0 amide bonds. The maximum absolute atomic E-state index is 5.41. The highest BCUT2D eigenvalue weighted by Gasteiger charge is 2.21. The Labute approximate surface area is 98.8 Å². The zero-order valence-electron chi connectivity index (χ0n) is 10.4. The fraction of sp³-hybridized carbons (Fsp3) is 0.600. The molecule has 1 aromatic carbocycles. The lowest BCUT2D eigenvalue weighted by Gasteiger charge is -2.27. The normalized spacial score (nSPS) is 25.6. The summed E-state index contributed by atoms with van der Waals surface area (Å²) < 4.78 is 5.41. The molecule has 1 aromatic rings. The second kappa shape index (κ2) is 5.49. The van der Waals surface area contributed by atoms with Crippen molar-refractivity contribution >= 4 is 0 Å². The standard InChI is InChI=1S/C15H22O/c1-3-12-4-6-13(7-5-12)14-8-10-15(16-2)11-9-14/h4-7,14-15H,3,8-11H2,1-2H3. The molecule has 16 heavy (non-hydrogen) atoms. The van der Waals surface area contributed by atoms with Gasteiger partial charge in [0.25, 0.3) is 0 Å². The van der Waals surface area contributed by atoms with E-state index in [1.165, 1.54) is 36.8 Å². The number of benzene rings is 1. The molecular weight excluding hydrogens is 196 g/mol. The van der Waals surface area contributed by atoms with E-state index in [1.807, 2.05) is 7.11 Å². The fourth-order valence-electron chi connectivity index (χ4n) is 2.66. The molecule has 1 heteroatoms. The summed E-state index contributed by atoms with van der Waals surface area (Å²) in [6.45, 7) is 2.21. The highest BCUT2D eigenvalue weighted by molar-refractivity contribution is 5.25. The van der Waals surface area contributed by atoms with Crippen LogP contribution in [-0.2, 0) is 11.2 Å². The second-order valence-electron chi connectivity index (χ2n) is 4.80. The number of aryl methyl sites for hydroxylation is 1. The van der Waals surface area contributed by atoms with E-state index in [2.05, 4.69) is 31.2 Å². The predicted octanol–water partition coefficient (Wildman–Crippen LogP) is 3.92. The monoisotopic (exact) mass is 218 g/mol. The molecule has 1 aliphatic carbocycles. The van der Waals surface area contributed by atoms with E-state index in [9.17, 15) is 0 Å². The average molecular weight is 218 g/mol. The first kappa shape index (κ1) is 11.7. The number of hydrogen-bond donors (Lipinski definition) is 0. The first-order chi connectivity index (χ1) is 7.83. The van der Waals surface area contributed by atoms with Gasteiger partial charge in [-0.2, -0.15) is 0 Å². The molecule has 0 saturated heterocycles. The molecule has 1 aliphatic rings. The third-order valence-electron chi connectivity index (χ3n) is 3.87. The Morgan fingerprint density at radius 2 is 1.69 bits per heavy atom. The summed E-state index contributed by atoms with van der Waals surface area (Å²) in [5.41, 5.74) is 2.96. The van der Waals surface area contributed by atoms with Crippen LogP contribution >= 0.6 is 0 Å². The summed E-state index contributed by atoms with van der Waals surface area (Å²) in [7, 11) is 1.83. The van der Waals surface area contributed by atoms with E-state index in [-0.39, 0.29) is 0 Å². The van der Waals surface area contributed by atoms with Crippen LogP contribution in [0.25, 0.3) is 0 Å². The maximum atomic E-state index is 5.41. The van der Waals surface area contributed by atoms with Gasteiger partial charge in [0.1, 0.15) is 0 Å². The van der Waals surface area contributed by atoms with Gasteiger partial charge in [-0.1, -0.05) is 31.2 Å². The number of ether oxygens (including phenoxy) is 1. The Bertz CT molecular complexity index is 307. The first-order valence-electron chi connectivity index (χ1n) is 6.45. The van der Waals surface area contributed by atoms with Gasteiger partial charge in [-0.15, -0.1) is 0 Å². The van der Waals surface area contributed by atoms with Crippen molar-refractivity contribution in [2.75, 3.05) is 7.11 Å². The van der Waals surface area contributed by atoms with Gasteiger partial charge in [-0.3, -0.25) is 0 Å². The molecule has 0 atom stereocenters. The number of hydrogen-bond acceptors (Lipinski definition) is 1. The molecular formula is C15H22O. The second-order valence-corrected chi connectivity index (χ2v) is 4.80. The maximum Gasteiger partial charge on any atom is 0.0571 e. The van der Waals surface area contributed by atoms with Crippen molar-refractivity contribution in [1.29, 1.82) is 0 Å². The Balaban J connectivity index is 1.97. The van der Waals surface area contributed by atoms with Crippen molar-refractivity contribution in [2.45, 2.75) is 51.0 Å². The van der Waals surface area contributed by atoms with Gasteiger partial charge < -0.3 is 4.74 Å². The summed E-state index contributed by atoms with van der Waals surface area (Å²) in [5.74, 6) is 0.761. The van der Waals surface area contributed by atoms with Crippen LogP contribution in [0.2, 0.25) is 0 Å². The van der Waals surface area contributed by atoms with E-state index in [4.69, 9.17) is 4.74 Å². The zero-order valence-corrected chi connectivity index (χ0v) is 10.4. The van der Waals surface area contributed by atoms with Gasteiger partial charge >= 0.3 is 0 Å². The van der Waals surface area contributed by atoms with Crippen LogP contribution in [0.3, 0.4) is 0 Å². The van der Waals surface area contributed by atoms with Gasteiger partial charge in [0, 0.05) is 7.11 Å². The average Bonchev–Trinajstić information content (AvgIpc) is 2.39. The molecule has 2 rings (SSSR count). The van der Waals surface area contributed by atoms with Gasteiger partial charge in [-0.25, -0.2) is 0 Å². The topological polar surface area (TPSA) is 9.23 Å². The van der Waals surface area contributed by atoms with Gasteiger partial charge in [0.15, 0.2) is 0 Å². The molecule has 1 fully saturated rings. The van der Waals surface area contributed by atoms with Gasteiger partial charge in [0.2, 0.25) is 0 Å². The minimum absolute atomic E-state index is 0.506. The SMILES string of the molecule is CCc1ccc(C2CCC(OC)CC2)cc1. The largest absolute Gasteiger partial charge is 0.381 e. The molecule has 0 aliphatic heterocycles. The third-order valence-corrected chi connectivity index (χ3v) is 3.87. The van der Waals surface area contributed by atoms with E-state index < -0.39 is 0 Å². The predicted molar refractivity (Wildman–Crippen MR) is 67.8 cm³/mol. The summed E-state index contributed by atoms with van der Waals surface area (Å²) in [5, 5.41) is 0. The zero-order chi connectivity index (χ0) is 11.4. The quantitative estimate of drug-likeness (QED) is 0.747. The van der Waals surface area contributed by atoms with Crippen molar-refractivity contribution in [2.24, 2.45) is 0 Å². The summed E-state index contributed by atoms with van der Waals surface area (Å²) in [6.07, 6.45) is 6.64. The molecule has 1 nitrogen and oxygen atoms in total. The highest BCUT2D eigenvalue weighted by Crippen LogP contribution is 2.33. The van der Waals surface area contributed by atoms with Crippen molar-refractivity contribution in [3.05, 3.63) is 35.4 Å². The Morgan fingerprint density at radius 1 is 1.06 bits per heavy atom. The summed E-state index contributed by atoms with van der Waals surface area (Å²) in [4.78, 5) is 0. The van der Waals surface area contributed by atoms with Crippen LogP contribution in [0.5, 0.6) is 0 Å². The highest BCUT2D eigenvalue weighted by atomic mass is 16.5. The molecule has 0 unspecified atom stereocenters. The van der Waals surface area contributed by atoms with Crippen LogP contribution in [-0.4, -0.2) is 13.2 Å². The molecule has 0 aromatic heterocycles. The van der Waals surface area contributed by atoms with Crippen LogP contribution in [0.1, 0.15) is 49.7 Å². The Kier molecular flexibility index (Phi) is 4.00. The molecule has 0 N–H and O–H groups in total.